The van der Waals surface area contributed by atoms with Crippen LogP contribution >= 0.6 is 0 Å². The number of fused-ring (bicyclic) bond motifs is 3. The van der Waals surface area contributed by atoms with Gasteiger partial charge in [0.25, 0.3) is 5.91 Å². The molecule has 6 nitrogen and oxygen atoms in total. The van der Waals surface area contributed by atoms with Crippen molar-refractivity contribution in [2.45, 2.75) is 64.5 Å². The average Bonchev–Trinajstić information content (AvgIpc) is 3.35. The molecule has 2 aliphatic heterocycles. The Kier molecular flexibility index (Phi) is 4.52. The van der Waals surface area contributed by atoms with E-state index >= 15 is 0 Å². The number of Topliss-reactive ketones (excluding diaryl/α,β-unsaturated/α-hetero) is 1. The highest BCUT2D eigenvalue weighted by Gasteiger charge is 2.56. The topological polar surface area (TPSA) is 72.6 Å². The van der Waals surface area contributed by atoms with Gasteiger partial charge in [0, 0.05) is 6.07 Å². The molecule has 5 atom stereocenters. The van der Waals surface area contributed by atoms with E-state index in [2.05, 4.69) is 5.16 Å². The van der Waals surface area contributed by atoms with E-state index in [1.807, 2.05) is 31.2 Å². The van der Waals surface area contributed by atoms with Gasteiger partial charge in [-0.05, 0) is 50.5 Å². The van der Waals surface area contributed by atoms with Crippen LogP contribution in [-0.2, 0) is 14.3 Å². The van der Waals surface area contributed by atoms with Gasteiger partial charge in [0.05, 0.1) is 17.5 Å². The lowest BCUT2D eigenvalue weighted by Gasteiger charge is -2.46. The number of aromatic nitrogens is 1. The predicted octanol–water partition coefficient (Wildman–Crippen LogP) is 4.82. The van der Waals surface area contributed by atoms with Crippen LogP contribution in [0.25, 0.3) is 0 Å². The number of carbonyl (C=O) groups is 2. The van der Waals surface area contributed by atoms with Crippen LogP contribution in [0.4, 0.5) is 5.82 Å². The molecule has 5 unspecified atom stereocenters. The molecule has 2 saturated carbocycles. The van der Waals surface area contributed by atoms with Crippen LogP contribution in [-0.4, -0.2) is 23.0 Å². The van der Waals surface area contributed by atoms with Crippen molar-refractivity contribution in [3.8, 4) is 0 Å². The fraction of sp³-hybridized carbons (Fsp3) is 0.500. The molecule has 1 amide bonds. The first-order chi connectivity index (χ1) is 15.5. The zero-order chi connectivity index (χ0) is 22.0. The van der Waals surface area contributed by atoms with E-state index in [0.717, 1.165) is 30.4 Å². The van der Waals surface area contributed by atoms with Crippen molar-refractivity contribution in [3.05, 3.63) is 58.6 Å². The molecule has 2 aromatic rings. The van der Waals surface area contributed by atoms with Crippen molar-refractivity contribution in [1.29, 1.82) is 0 Å². The number of hydrogen-bond acceptors (Lipinski definition) is 5. The summed E-state index contributed by atoms with van der Waals surface area (Å²) in [5.41, 5.74) is 2.50. The molecule has 2 aliphatic carbocycles. The minimum atomic E-state index is -0.542. The van der Waals surface area contributed by atoms with Crippen LogP contribution < -0.4 is 4.90 Å². The fourth-order valence-corrected chi connectivity index (χ4v) is 6.39. The number of amides is 1. The second-order valence-corrected chi connectivity index (χ2v) is 9.87. The summed E-state index contributed by atoms with van der Waals surface area (Å²) >= 11 is 0. The van der Waals surface area contributed by atoms with Crippen molar-refractivity contribution >= 4 is 17.5 Å². The minimum Gasteiger partial charge on any atom is -0.483 e. The van der Waals surface area contributed by atoms with Crippen LogP contribution in [0, 0.1) is 31.6 Å². The first kappa shape index (κ1) is 19.8. The summed E-state index contributed by atoms with van der Waals surface area (Å²) in [6.45, 7) is 3.82. The third-order valence-electron chi connectivity index (χ3n) is 7.94. The summed E-state index contributed by atoms with van der Waals surface area (Å²) in [6.07, 6.45) is 6.48. The zero-order valence-electron chi connectivity index (χ0n) is 18.5. The number of anilines is 1. The summed E-state index contributed by atoms with van der Waals surface area (Å²) in [7, 11) is 0. The van der Waals surface area contributed by atoms with Crippen LogP contribution in [0.5, 0.6) is 0 Å². The Morgan fingerprint density at radius 3 is 2.53 bits per heavy atom. The van der Waals surface area contributed by atoms with Crippen molar-refractivity contribution in [3.63, 3.8) is 0 Å². The van der Waals surface area contributed by atoms with Crippen LogP contribution in [0.3, 0.4) is 0 Å². The van der Waals surface area contributed by atoms with Gasteiger partial charge in [0.1, 0.15) is 11.9 Å². The Hall–Kier alpha value is -2.89. The van der Waals surface area contributed by atoms with Gasteiger partial charge in [-0.3, -0.25) is 14.5 Å². The molecule has 0 bridgehead atoms. The van der Waals surface area contributed by atoms with Gasteiger partial charge in [0.2, 0.25) is 0 Å². The molecule has 2 fully saturated rings. The maximum atomic E-state index is 13.9. The van der Waals surface area contributed by atoms with E-state index in [0.29, 0.717) is 29.0 Å². The number of hydrogen-bond donors (Lipinski definition) is 0. The van der Waals surface area contributed by atoms with Crippen molar-refractivity contribution in [1.82, 2.24) is 5.16 Å². The Bertz CT molecular complexity index is 1120. The number of ether oxygens (including phenoxy) is 1. The maximum absolute atomic E-state index is 13.9. The lowest BCUT2D eigenvalue weighted by molar-refractivity contribution is -0.139. The molecular weight excluding hydrogens is 404 g/mol. The Labute approximate surface area is 187 Å². The molecule has 0 N–H and O–H groups in total. The van der Waals surface area contributed by atoms with E-state index in [1.165, 1.54) is 19.3 Å². The van der Waals surface area contributed by atoms with Crippen molar-refractivity contribution < 1.29 is 18.8 Å². The molecule has 0 radical (unpaired) electrons. The predicted molar refractivity (Wildman–Crippen MR) is 118 cm³/mol. The number of ketones is 1. The molecule has 6 heteroatoms. The molecule has 4 aliphatic rings. The second-order valence-electron chi connectivity index (χ2n) is 9.87. The van der Waals surface area contributed by atoms with Crippen LogP contribution in [0.2, 0.25) is 0 Å². The molecule has 0 saturated heterocycles. The molecule has 32 heavy (non-hydrogen) atoms. The molecule has 3 heterocycles. The lowest BCUT2D eigenvalue weighted by Crippen LogP contribution is -2.48. The summed E-state index contributed by atoms with van der Waals surface area (Å²) in [6, 6.07) is 9.19. The van der Waals surface area contributed by atoms with Crippen molar-refractivity contribution in [2.24, 2.45) is 17.8 Å². The number of aryl methyl sites for hydroxylation is 2. The van der Waals surface area contributed by atoms with Crippen LogP contribution in [0.1, 0.15) is 61.5 Å². The van der Waals surface area contributed by atoms with E-state index in [4.69, 9.17) is 9.26 Å². The van der Waals surface area contributed by atoms with E-state index in [9.17, 15) is 9.59 Å². The SMILES string of the molecule is Cc1ccc(C2C3=C(OC4C(CCC5CCCCC54)C3=O)C(=O)N2c2cc(C)on2)cc1. The molecule has 0 spiro atoms. The van der Waals surface area contributed by atoms with Gasteiger partial charge in [-0.2, -0.15) is 0 Å². The minimum absolute atomic E-state index is 0.0851. The normalized spacial score (nSPS) is 31.8. The molecule has 1 aromatic heterocycles. The second kappa shape index (κ2) is 7.32. The van der Waals surface area contributed by atoms with Crippen molar-refractivity contribution in [2.75, 3.05) is 4.90 Å². The monoisotopic (exact) mass is 432 g/mol. The van der Waals surface area contributed by atoms with Gasteiger partial charge in [-0.15, -0.1) is 0 Å². The third-order valence-corrected chi connectivity index (χ3v) is 7.94. The number of benzene rings is 1. The first-order valence-corrected chi connectivity index (χ1v) is 11.8. The quantitative estimate of drug-likeness (QED) is 0.680. The largest absolute Gasteiger partial charge is 0.483 e. The summed E-state index contributed by atoms with van der Waals surface area (Å²) < 4.78 is 11.8. The fourth-order valence-electron chi connectivity index (χ4n) is 6.39. The molecule has 166 valence electrons. The molecule has 6 rings (SSSR count). The highest BCUT2D eigenvalue weighted by atomic mass is 16.5. The van der Waals surface area contributed by atoms with E-state index < -0.39 is 6.04 Å². The summed E-state index contributed by atoms with van der Waals surface area (Å²) in [5, 5.41) is 4.12. The Morgan fingerprint density at radius 2 is 1.78 bits per heavy atom. The van der Waals surface area contributed by atoms with Gasteiger partial charge < -0.3 is 9.26 Å². The Morgan fingerprint density at radius 1 is 1.00 bits per heavy atom. The van der Waals surface area contributed by atoms with E-state index in [-0.39, 0.29) is 29.5 Å². The molecular formula is C26H28N2O4. The Balaban J connectivity index is 1.46. The first-order valence-electron chi connectivity index (χ1n) is 11.8. The van der Waals surface area contributed by atoms with E-state index in [1.54, 1.807) is 17.9 Å². The van der Waals surface area contributed by atoms with Gasteiger partial charge in [0.15, 0.2) is 17.4 Å². The number of nitrogens with zero attached hydrogens (tertiary/aromatic N) is 2. The summed E-state index contributed by atoms with van der Waals surface area (Å²) in [4.78, 5) is 29.2. The van der Waals surface area contributed by atoms with Gasteiger partial charge in [-0.25, -0.2) is 0 Å². The smallest absolute Gasteiger partial charge is 0.295 e. The third kappa shape index (κ3) is 2.88. The summed E-state index contributed by atoms with van der Waals surface area (Å²) in [5.74, 6) is 1.88. The highest BCUT2D eigenvalue weighted by molar-refractivity contribution is 6.17. The van der Waals surface area contributed by atoms with Gasteiger partial charge >= 0.3 is 0 Å². The highest BCUT2D eigenvalue weighted by Crippen LogP contribution is 2.52. The molecule has 1 aromatic carbocycles. The standard InChI is InChI=1S/C26H28N2O4/c1-14-7-9-17(10-8-14)22-21-23(29)19-12-11-16-5-3-4-6-18(16)24(19)31-25(21)26(30)28(22)20-13-15(2)32-27-20/h7-10,13,16,18-19,22,24H,3-6,11-12H2,1-2H3. The maximum Gasteiger partial charge on any atom is 0.295 e. The average molecular weight is 433 g/mol. The van der Waals surface area contributed by atoms with Crippen LogP contribution in [0.15, 0.2) is 46.2 Å². The van der Waals surface area contributed by atoms with Gasteiger partial charge in [-0.1, -0.05) is 54.2 Å². The zero-order valence-corrected chi connectivity index (χ0v) is 18.5. The lowest BCUT2D eigenvalue weighted by atomic mass is 9.63. The number of carbonyl (C=O) groups excluding carboxylic acids is 2. The number of rotatable bonds is 2.